The summed E-state index contributed by atoms with van der Waals surface area (Å²) in [5, 5.41) is 2.57. The molecule has 0 aliphatic carbocycles. The quantitative estimate of drug-likeness (QED) is 0.830. The van der Waals surface area contributed by atoms with Gasteiger partial charge in [0.1, 0.15) is 11.6 Å². The van der Waals surface area contributed by atoms with Crippen molar-refractivity contribution in [3.63, 3.8) is 0 Å². The van der Waals surface area contributed by atoms with E-state index in [1.807, 2.05) is 0 Å². The number of ether oxygens (including phenoxy) is 1. The Morgan fingerprint density at radius 3 is 2.29 bits per heavy atom. The minimum absolute atomic E-state index is 0.00832. The predicted octanol–water partition coefficient (Wildman–Crippen LogP) is 2.18. The first-order valence-corrected chi connectivity index (χ1v) is 9.09. The van der Waals surface area contributed by atoms with Crippen LogP contribution in [0.5, 0.6) is 5.75 Å². The van der Waals surface area contributed by atoms with Crippen molar-refractivity contribution in [2.75, 3.05) is 19.4 Å². The lowest BCUT2D eigenvalue weighted by Gasteiger charge is -2.07. The molecule has 5 nitrogen and oxygen atoms in total. The molecule has 24 heavy (non-hydrogen) atoms. The van der Waals surface area contributed by atoms with Gasteiger partial charge in [-0.05, 0) is 42.0 Å². The molecule has 0 bridgehead atoms. The van der Waals surface area contributed by atoms with Crippen molar-refractivity contribution in [2.24, 2.45) is 0 Å². The van der Waals surface area contributed by atoms with Gasteiger partial charge < -0.3 is 10.1 Å². The number of nitrogens with one attached hydrogen (secondary N) is 1. The zero-order valence-corrected chi connectivity index (χ0v) is 14.0. The monoisotopic (exact) mass is 351 g/mol. The average molecular weight is 351 g/mol. The summed E-state index contributed by atoms with van der Waals surface area (Å²) >= 11 is 0. The third kappa shape index (κ3) is 5.34. The molecule has 0 aromatic heterocycles. The van der Waals surface area contributed by atoms with Gasteiger partial charge in [0.25, 0.3) is 5.91 Å². The van der Waals surface area contributed by atoms with E-state index in [1.165, 1.54) is 31.4 Å². The molecule has 2 rings (SSSR count). The van der Waals surface area contributed by atoms with Crippen LogP contribution in [0, 0.1) is 5.82 Å². The van der Waals surface area contributed by atoms with E-state index in [1.54, 1.807) is 24.3 Å². The fourth-order valence-corrected chi connectivity index (χ4v) is 3.33. The van der Waals surface area contributed by atoms with E-state index in [4.69, 9.17) is 4.74 Å². The molecule has 0 saturated heterocycles. The van der Waals surface area contributed by atoms with Crippen LogP contribution in [0.15, 0.2) is 48.5 Å². The number of rotatable bonds is 7. The van der Waals surface area contributed by atoms with Crippen molar-refractivity contribution in [2.45, 2.75) is 5.75 Å². The number of amides is 1. The standard InChI is InChI=1S/C17H18FNO4S/c1-23-16-8-4-14(5-9-16)17(20)19-10-11-24(21,22)12-13-2-6-15(18)7-3-13/h2-9H,10-12H2,1H3,(H,19,20). The van der Waals surface area contributed by atoms with E-state index in [0.29, 0.717) is 16.9 Å². The first-order valence-electron chi connectivity index (χ1n) is 7.27. The van der Waals surface area contributed by atoms with Crippen LogP contribution in [0.2, 0.25) is 0 Å². The Balaban J connectivity index is 1.85. The summed E-state index contributed by atoms with van der Waals surface area (Å²) in [6, 6.07) is 11.8. The number of hydrogen-bond donors (Lipinski definition) is 1. The largest absolute Gasteiger partial charge is 0.497 e. The molecule has 2 aromatic rings. The van der Waals surface area contributed by atoms with Gasteiger partial charge in [-0.1, -0.05) is 12.1 Å². The Morgan fingerprint density at radius 2 is 1.71 bits per heavy atom. The first kappa shape index (κ1) is 17.9. The van der Waals surface area contributed by atoms with E-state index in [2.05, 4.69) is 5.32 Å². The molecule has 0 spiro atoms. The summed E-state index contributed by atoms with van der Waals surface area (Å²) in [7, 11) is -1.86. The second kappa shape index (κ2) is 7.92. The summed E-state index contributed by atoms with van der Waals surface area (Å²) in [5.74, 6) is -0.510. The highest BCUT2D eigenvalue weighted by Crippen LogP contribution is 2.11. The van der Waals surface area contributed by atoms with Gasteiger partial charge in [-0.25, -0.2) is 12.8 Å². The normalized spacial score (nSPS) is 11.1. The van der Waals surface area contributed by atoms with E-state index in [9.17, 15) is 17.6 Å². The van der Waals surface area contributed by atoms with Crippen LogP contribution in [0.3, 0.4) is 0 Å². The number of sulfone groups is 1. The van der Waals surface area contributed by atoms with Crippen molar-refractivity contribution in [3.05, 3.63) is 65.5 Å². The van der Waals surface area contributed by atoms with Gasteiger partial charge in [0.05, 0.1) is 18.6 Å². The molecule has 0 saturated carbocycles. The first-order chi connectivity index (χ1) is 11.4. The highest BCUT2D eigenvalue weighted by Gasteiger charge is 2.13. The summed E-state index contributed by atoms with van der Waals surface area (Å²) in [5.41, 5.74) is 0.935. The molecule has 0 atom stereocenters. The van der Waals surface area contributed by atoms with Crippen molar-refractivity contribution < 1.29 is 22.3 Å². The molecular weight excluding hydrogens is 333 g/mol. The molecule has 0 radical (unpaired) electrons. The number of carbonyl (C=O) groups excluding carboxylic acids is 1. The van der Waals surface area contributed by atoms with Crippen LogP contribution >= 0.6 is 0 Å². The maximum Gasteiger partial charge on any atom is 0.251 e. The highest BCUT2D eigenvalue weighted by molar-refractivity contribution is 7.90. The van der Waals surface area contributed by atoms with Gasteiger partial charge in [-0.15, -0.1) is 0 Å². The van der Waals surface area contributed by atoms with E-state index < -0.39 is 15.7 Å². The molecule has 0 unspecified atom stereocenters. The van der Waals surface area contributed by atoms with Gasteiger partial charge >= 0.3 is 0 Å². The van der Waals surface area contributed by atoms with E-state index >= 15 is 0 Å². The third-order valence-electron chi connectivity index (χ3n) is 3.35. The van der Waals surface area contributed by atoms with Crippen molar-refractivity contribution >= 4 is 15.7 Å². The second-order valence-electron chi connectivity index (χ2n) is 5.20. The van der Waals surface area contributed by atoms with Crippen LogP contribution < -0.4 is 10.1 Å². The number of carbonyl (C=O) groups is 1. The third-order valence-corrected chi connectivity index (χ3v) is 4.95. The maximum atomic E-state index is 12.8. The lowest BCUT2D eigenvalue weighted by Crippen LogP contribution is -2.29. The van der Waals surface area contributed by atoms with Gasteiger partial charge in [-0.3, -0.25) is 4.79 Å². The Morgan fingerprint density at radius 1 is 1.08 bits per heavy atom. The van der Waals surface area contributed by atoms with E-state index in [-0.39, 0.29) is 24.0 Å². The van der Waals surface area contributed by atoms with Crippen molar-refractivity contribution in [1.82, 2.24) is 5.32 Å². The zero-order valence-electron chi connectivity index (χ0n) is 13.2. The molecule has 128 valence electrons. The molecule has 0 heterocycles. The Bertz CT molecular complexity index is 786. The number of benzene rings is 2. The van der Waals surface area contributed by atoms with Crippen molar-refractivity contribution in [3.8, 4) is 5.75 Å². The lowest BCUT2D eigenvalue weighted by molar-refractivity contribution is 0.0956. The molecule has 2 aromatic carbocycles. The minimum Gasteiger partial charge on any atom is -0.497 e. The number of methoxy groups -OCH3 is 1. The minimum atomic E-state index is -3.39. The predicted molar refractivity (Wildman–Crippen MR) is 89.2 cm³/mol. The molecular formula is C17H18FNO4S. The molecule has 1 N–H and O–H groups in total. The summed E-state index contributed by atoms with van der Waals surface area (Å²) < 4.78 is 41.9. The van der Waals surface area contributed by atoms with Gasteiger partial charge in [0, 0.05) is 12.1 Å². The van der Waals surface area contributed by atoms with Crippen LogP contribution in [0.1, 0.15) is 15.9 Å². The van der Waals surface area contributed by atoms with Gasteiger partial charge in [-0.2, -0.15) is 0 Å². The molecule has 7 heteroatoms. The second-order valence-corrected chi connectivity index (χ2v) is 7.39. The summed E-state index contributed by atoms with van der Waals surface area (Å²) in [4.78, 5) is 11.9. The fraction of sp³-hybridized carbons (Fsp3) is 0.235. The smallest absolute Gasteiger partial charge is 0.251 e. The van der Waals surface area contributed by atoms with Crippen molar-refractivity contribution in [1.29, 1.82) is 0 Å². The van der Waals surface area contributed by atoms with Gasteiger partial charge in [0.2, 0.25) is 0 Å². The Labute approximate surface area is 140 Å². The SMILES string of the molecule is COc1ccc(C(=O)NCCS(=O)(=O)Cc2ccc(F)cc2)cc1. The Hall–Kier alpha value is -2.41. The number of halogens is 1. The van der Waals surface area contributed by atoms with E-state index in [0.717, 1.165) is 0 Å². The van der Waals surface area contributed by atoms with Gasteiger partial charge in [0.15, 0.2) is 9.84 Å². The highest BCUT2D eigenvalue weighted by atomic mass is 32.2. The molecule has 1 amide bonds. The fourth-order valence-electron chi connectivity index (χ4n) is 2.07. The van der Waals surface area contributed by atoms with Crippen LogP contribution in [0.25, 0.3) is 0 Å². The lowest BCUT2D eigenvalue weighted by atomic mass is 10.2. The number of hydrogen-bond acceptors (Lipinski definition) is 4. The summed E-state index contributed by atoms with van der Waals surface area (Å²) in [6.07, 6.45) is 0. The zero-order chi connectivity index (χ0) is 17.6. The Kier molecular flexibility index (Phi) is 5.92. The molecule has 0 aliphatic heterocycles. The van der Waals surface area contributed by atoms with Crippen LogP contribution in [0.4, 0.5) is 4.39 Å². The maximum absolute atomic E-state index is 12.8. The topological polar surface area (TPSA) is 72.5 Å². The average Bonchev–Trinajstić information content (AvgIpc) is 2.56. The van der Waals surface area contributed by atoms with Crippen LogP contribution in [-0.2, 0) is 15.6 Å². The summed E-state index contributed by atoms with van der Waals surface area (Å²) in [6.45, 7) is 0.00832. The molecule has 0 aliphatic rings. The van der Waals surface area contributed by atoms with Crippen LogP contribution in [-0.4, -0.2) is 33.7 Å². The molecule has 0 fully saturated rings.